The van der Waals surface area contributed by atoms with Crippen molar-refractivity contribution in [3.8, 4) is 0 Å². The summed E-state index contributed by atoms with van der Waals surface area (Å²) in [6.45, 7) is 4.92. The molecule has 1 aromatic rings. The molecule has 138 valence electrons. The van der Waals surface area contributed by atoms with Crippen molar-refractivity contribution < 1.29 is 9.59 Å². The van der Waals surface area contributed by atoms with Gasteiger partial charge in [0, 0.05) is 31.4 Å². The van der Waals surface area contributed by atoms with Gasteiger partial charge in [-0.05, 0) is 31.4 Å². The molecule has 1 saturated heterocycles. The highest BCUT2D eigenvalue weighted by Crippen LogP contribution is 2.11. The number of rotatable bonds is 8. The molecule has 1 aliphatic heterocycles. The highest BCUT2D eigenvalue weighted by molar-refractivity contribution is 5.92. The maximum atomic E-state index is 12.1. The van der Waals surface area contributed by atoms with Crippen molar-refractivity contribution in [3.05, 3.63) is 30.3 Å². The Morgan fingerprint density at radius 2 is 1.84 bits per heavy atom. The van der Waals surface area contributed by atoms with E-state index in [2.05, 4.69) is 27.8 Å². The quantitative estimate of drug-likeness (QED) is 0.634. The second-order valence-corrected chi connectivity index (χ2v) is 6.57. The van der Waals surface area contributed by atoms with Crippen molar-refractivity contribution in [2.24, 2.45) is 0 Å². The molecule has 0 bridgehead atoms. The van der Waals surface area contributed by atoms with Gasteiger partial charge in [-0.15, -0.1) is 0 Å². The molecule has 2 rings (SSSR count). The van der Waals surface area contributed by atoms with Crippen LogP contribution in [0.4, 0.5) is 10.5 Å². The summed E-state index contributed by atoms with van der Waals surface area (Å²) in [5, 5.41) is 8.85. The first kappa shape index (κ1) is 19.2. The lowest BCUT2D eigenvalue weighted by atomic mass is 10.1. The van der Waals surface area contributed by atoms with Crippen LogP contribution in [-0.2, 0) is 4.79 Å². The maximum Gasteiger partial charge on any atom is 0.315 e. The number of urea groups is 1. The first-order valence-electron chi connectivity index (χ1n) is 9.29. The minimum absolute atomic E-state index is 0.00581. The number of likely N-dealkylation sites (tertiary alicyclic amines) is 1. The van der Waals surface area contributed by atoms with E-state index < -0.39 is 0 Å². The Balaban J connectivity index is 1.61. The molecule has 3 N–H and O–H groups in total. The van der Waals surface area contributed by atoms with E-state index in [0.717, 1.165) is 57.4 Å². The summed E-state index contributed by atoms with van der Waals surface area (Å²) in [5.41, 5.74) is 0.823. The molecule has 1 heterocycles. The number of piperidine rings is 1. The predicted molar refractivity (Wildman–Crippen MR) is 101 cm³/mol. The van der Waals surface area contributed by atoms with Gasteiger partial charge < -0.3 is 16.0 Å². The summed E-state index contributed by atoms with van der Waals surface area (Å²) < 4.78 is 0. The molecule has 0 aromatic heterocycles. The van der Waals surface area contributed by atoms with E-state index in [0.29, 0.717) is 6.54 Å². The zero-order chi connectivity index (χ0) is 17.9. The van der Waals surface area contributed by atoms with Crippen molar-refractivity contribution in [2.45, 2.75) is 45.1 Å². The lowest BCUT2D eigenvalue weighted by molar-refractivity contribution is -0.117. The Hall–Kier alpha value is -2.08. The molecule has 0 saturated carbocycles. The summed E-state index contributed by atoms with van der Waals surface area (Å²) in [6, 6.07) is 9.62. The highest BCUT2D eigenvalue weighted by atomic mass is 16.2. The van der Waals surface area contributed by atoms with Crippen LogP contribution in [0.25, 0.3) is 0 Å². The Bertz CT molecular complexity index is 527. The molecule has 0 unspecified atom stereocenters. The molecular weight excluding hydrogens is 316 g/mol. The third kappa shape index (κ3) is 7.56. The normalized spacial score (nSPS) is 15.6. The van der Waals surface area contributed by atoms with Crippen LogP contribution in [0, 0.1) is 0 Å². The molecular formula is C19H30N4O2. The maximum absolute atomic E-state index is 12.1. The third-order valence-electron chi connectivity index (χ3n) is 4.41. The van der Waals surface area contributed by atoms with E-state index in [-0.39, 0.29) is 18.0 Å². The van der Waals surface area contributed by atoms with Gasteiger partial charge in [0.05, 0.1) is 6.54 Å². The standard InChI is InChI=1S/C19H30N4O2/c1-2-3-7-12-20-19(25)22-17-10-13-23(14-11-17)15-18(24)21-16-8-5-4-6-9-16/h4-6,8-9,17H,2-3,7,10-15H2,1H3,(H,21,24)(H2,20,22,25). The molecule has 3 amide bonds. The number of anilines is 1. The summed E-state index contributed by atoms with van der Waals surface area (Å²) >= 11 is 0. The zero-order valence-electron chi connectivity index (χ0n) is 15.1. The summed E-state index contributed by atoms with van der Waals surface area (Å²) in [5.74, 6) is 0.00581. The fraction of sp³-hybridized carbons (Fsp3) is 0.579. The molecule has 0 radical (unpaired) electrons. The monoisotopic (exact) mass is 346 g/mol. The highest BCUT2D eigenvalue weighted by Gasteiger charge is 2.21. The second-order valence-electron chi connectivity index (χ2n) is 6.57. The van der Waals surface area contributed by atoms with Crippen molar-refractivity contribution in [3.63, 3.8) is 0 Å². The fourth-order valence-electron chi connectivity index (χ4n) is 2.97. The average molecular weight is 346 g/mol. The van der Waals surface area contributed by atoms with Crippen LogP contribution in [0.2, 0.25) is 0 Å². The van der Waals surface area contributed by atoms with Crippen LogP contribution >= 0.6 is 0 Å². The number of benzene rings is 1. The van der Waals surface area contributed by atoms with Crippen LogP contribution in [-0.4, -0.2) is 49.1 Å². The Kier molecular flexibility index (Phi) is 8.25. The predicted octanol–water partition coefficient (Wildman–Crippen LogP) is 2.58. The minimum atomic E-state index is -0.0728. The van der Waals surface area contributed by atoms with Gasteiger partial charge in [0.2, 0.25) is 5.91 Å². The number of nitrogens with zero attached hydrogens (tertiary/aromatic N) is 1. The zero-order valence-corrected chi connectivity index (χ0v) is 15.1. The topological polar surface area (TPSA) is 73.5 Å². The molecule has 0 spiro atoms. The number of nitrogens with one attached hydrogen (secondary N) is 3. The largest absolute Gasteiger partial charge is 0.338 e. The number of para-hydroxylation sites is 1. The number of amides is 3. The number of unbranched alkanes of at least 4 members (excludes halogenated alkanes) is 2. The van der Waals surface area contributed by atoms with Crippen molar-refractivity contribution in [1.29, 1.82) is 0 Å². The van der Waals surface area contributed by atoms with Gasteiger partial charge in [-0.2, -0.15) is 0 Å². The number of carbonyl (C=O) groups is 2. The van der Waals surface area contributed by atoms with Crippen LogP contribution in [0.15, 0.2) is 30.3 Å². The molecule has 0 aliphatic carbocycles. The first-order valence-corrected chi connectivity index (χ1v) is 9.29. The summed E-state index contributed by atoms with van der Waals surface area (Å²) in [7, 11) is 0. The molecule has 25 heavy (non-hydrogen) atoms. The average Bonchev–Trinajstić information content (AvgIpc) is 2.61. The molecule has 1 fully saturated rings. The van der Waals surface area contributed by atoms with Crippen molar-refractivity contribution in [2.75, 3.05) is 31.5 Å². The summed E-state index contributed by atoms with van der Waals surface area (Å²) in [4.78, 5) is 26.1. The number of carbonyl (C=O) groups excluding carboxylic acids is 2. The van der Waals surface area contributed by atoms with E-state index in [9.17, 15) is 9.59 Å². The summed E-state index contributed by atoms with van der Waals surface area (Å²) in [6.07, 6.45) is 5.07. The fourth-order valence-corrected chi connectivity index (χ4v) is 2.97. The Morgan fingerprint density at radius 3 is 2.52 bits per heavy atom. The van der Waals surface area contributed by atoms with Gasteiger partial charge in [0.15, 0.2) is 0 Å². The molecule has 1 aromatic carbocycles. The van der Waals surface area contributed by atoms with Gasteiger partial charge in [-0.1, -0.05) is 38.0 Å². The van der Waals surface area contributed by atoms with E-state index in [1.54, 1.807) is 0 Å². The van der Waals surface area contributed by atoms with Crippen molar-refractivity contribution >= 4 is 17.6 Å². The van der Waals surface area contributed by atoms with Crippen LogP contribution in [0.5, 0.6) is 0 Å². The molecule has 6 heteroatoms. The molecule has 0 atom stereocenters. The molecule has 1 aliphatic rings. The van der Waals surface area contributed by atoms with Crippen LogP contribution in [0.3, 0.4) is 0 Å². The van der Waals surface area contributed by atoms with Gasteiger partial charge in [-0.25, -0.2) is 4.79 Å². The van der Waals surface area contributed by atoms with Crippen LogP contribution in [0.1, 0.15) is 39.0 Å². The first-order chi connectivity index (χ1) is 12.2. The minimum Gasteiger partial charge on any atom is -0.338 e. The Morgan fingerprint density at radius 1 is 1.12 bits per heavy atom. The third-order valence-corrected chi connectivity index (χ3v) is 4.41. The molecule has 6 nitrogen and oxygen atoms in total. The Labute approximate surface area is 150 Å². The van der Waals surface area contributed by atoms with Crippen LogP contribution < -0.4 is 16.0 Å². The van der Waals surface area contributed by atoms with Gasteiger partial charge in [-0.3, -0.25) is 9.69 Å². The van der Waals surface area contributed by atoms with Gasteiger partial charge in [0.25, 0.3) is 0 Å². The van der Waals surface area contributed by atoms with E-state index in [4.69, 9.17) is 0 Å². The number of hydrogen-bond acceptors (Lipinski definition) is 3. The van der Waals surface area contributed by atoms with E-state index in [1.165, 1.54) is 0 Å². The van der Waals surface area contributed by atoms with Crippen molar-refractivity contribution in [1.82, 2.24) is 15.5 Å². The van der Waals surface area contributed by atoms with Gasteiger partial charge >= 0.3 is 6.03 Å². The lowest BCUT2D eigenvalue weighted by Gasteiger charge is -2.31. The second kappa shape index (κ2) is 10.7. The lowest BCUT2D eigenvalue weighted by Crippen LogP contribution is -2.49. The SMILES string of the molecule is CCCCCNC(=O)NC1CCN(CC(=O)Nc2ccccc2)CC1. The smallest absolute Gasteiger partial charge is 0.315 e. The van der Waals surface area contributed by atoms with E-state index in [1.807, 2.05) is 30.3 Å². The number of hydrogen-bond donors (Lipinski definition) is 3. The van der Waals surface area contributed by atoms with E-state index >= 15 is 0 Å². The van der Waals surface area contributed by atoms with Gasteiger partial charge in [0.1, 0.15) is 0 Å².